The monoisotopic (exact) mass is 369 g/mol. The molecule has 2 N–H and O–H groups in total. The topological polar surface area (TPSA) is 53.1 Å². The highest BCUT2D eigenvalue weighted by Gasteiger charge is 2.18. The molecule has 128 valence electrons. The van der Waals surface area contributed by atoms with E-state index < -0.39 is 5.82 Å². The van der Waals surface area contributed by atoms with E-state index in [0.29, 0.717) is 16.0 Å². The van der Waals surface area contributed by atoms with Crippen molar-refractivity contribution in [3.8, 4) is 0 Å². The molecule has 8 heteroatoms. The molecule has 1 unspecified atom stereocenters. The Bertz CT molecular complexity index is 722. The van der Waals surface area contributed by atoms with Crippen molar-refractivity contribution in [3.63, 3.8) is 0 Å². The molecule has 3 rings (SSSR count). The van der Waals surface area contributed by atoms with Crippen molar-refractivity contribution in [2.45, 2.75) is 13.0 Å². The molecule has 0 aliphatic carbocycles. The number of anilines is 2. The fourth-order valence-electron chi connectivity index (χ4n) is 2.61. The molecule has 1 aromatic heterocycles. The third kappa shape index (κ3) is 3.88. The number of aromatic nitrogens is 2. The second-order valence-corrected chi connectivity index (χ2v) is 6.48. The van der Waals surface area contributed by atoms with Gasteiger partial charge in [0, 0.05) is 36.2 Å². The number of rotatable bonds is 4. The zero-order chi connectivity index (χ0) is 17.1. The Morgan fingerprint density at radius 2 is 2.04 bits per heavy atom. The third-order valence-electron chi connectivity index (χ3n) is 3.91. The Labute approximate surface area is 150 Å². The van der Waals surface area contributed by atoms with Gasteiger partial charge in [0.05, 0.1) is 12.2 Å². The Hall–Kier alpha value is -1.63. The van der Waals surface area contributed by atoms with Crippen LogP contribution in [0.5, 0.6) is 0 Å². The van der Waals surface area contributed by atoms with Crippen LogP contribution in [-0.4, -0.2) is 36.1 Å². The Balaban J connectivity index is 1.80. The molecule has 1 aliphatic heterocycles. The van der Waals surface area contributed by atoms with Crippen LogP contribution >= 0.6 is 23.2 Å². The molecule has 2 aromatic rings. The summed E-state index contributed by atoms with van der Waals surface area (Å²) in [6.07, 6.45) is 1.20. The molecule has 0 radical (unpaired) electrons. The van der Waals surface area contributed by atoms with Crippen LogP contribution in [0.15, 0.2) is 24.4 Å². The van der Waals surface area contributed by atoms with Gasteiger partial charge in [0.1, 0.15) is 0 Å². The van der Waals surface area contributed by atoms with Crippen LogP contribution in [0.4, 0.5) is 16.2 Å². The van der Waals surface area contributed by atoms with E-state index in [0.717, 1.165) is 31.7 Å². The quantitative estimate of drug-likeness (QED) is 0.863. The normalized spacial score (nSPS) is 16.1. The summed E-state index contributed by atoms with van der Waals surface area (Å²) in [6.45, 7) is 5.20. The van der Waals surface area contributed by atoms with Gasteiger partial charge in [-0.15, -0.1) is 0 Å². The van der Waals surface area contributed by atoms with E-state index in [1.807, 2.05) is 17.9 Å². The van der Waals surface area contributed by atoms with Crippen molar-refractivity contribution in [3.05, 3.63) is 45.8 Å². The zero-order valence-electron chi connectivity index (χ0n) is 13.2. The summed E-state index contributed by atoms with van der Waals surface area (Å²) in [7, 11) is 0. The average Bonchev–Trinajstić information content (AvgIpc) is 2.57. The molecular weight excluding hydrogens is 352 g/mol. The van der Waals surface area contributed by atoms with Crippen molar-refractivity contribution in [2.75, 3.05) is 36.4 Å². The molecule has 1 fully saturated rings. The molecule has 2 heterocycles. The lowest BCUT2D eigenvalue weighted by Gasteiger charge is -2.27. The number of hydrogen-bond acceptors (Lipinski definition) is 5. The molecule has 0 saturated carbocycles. The molecule has 0 spiro atoms. The van der Waals surface area contributed by atoms with Gasteiger partial charge in [0.15, 0.2) is 11.6 Å². The highest BCUT2D eigenvalue weighted by Crippen LogP contribution is 2.29. The summed E-state index contributed by atoms with van der Waals surface area (Å²) in [5.74, 6) is 0.192. The van der Waals surface area contributed by atoms with Crippen LogP contribution in [0.25, 0.3) is 0 Å². The van der Waals surface area contributed by atoms with E-state index in [2.05, 4.69) is 20.6 Å². The summed E-state index contributed by atoms with van der Waals surface area (Å²) < 4.78 is 14.1. The van der Waals surface area contributed by atoms with Gasteiger partial charge in [-0.05, 0) is 24.6 Å². The van der Waals surface area contributed by atoms with E-state index in [1.54, 1.807) is 12.1 Å². The molecule has 1 atom stereocenters. The summed E-state index contributed by atoms with van der Waals surface area (Å²) >= 11 is 12.1. The zero-order valence-corrected chi connectivity index (χ0v) is 14.7. The highest BCUT2D eigenvalue weighted by molar-refractivity contribution is 6.35. The number of benzene rings is 1. The van der Waals surface area contributed by atoms with Crippen molar-refractivity contribution in [1.82, 2.24) is 15.3 Å². The lowest BCUT2D eigenvalue weighted by molar-refractivity contribution is 0.572. The SMILES string of the molecule is CC(Nc1nc(N2CCNCC2)ncc1F)c1ccc(Cl)cc1Cl. The lowest BCUT2D eigenvalue weighted by atomic mass is 10.1. The number of nitrogens with zero attached hydrogens (tertiary/aromatic N) is 3. The van der Waals surface area contributed by atoms with Crippen LogP contribution in [0.3, 0.4) is 0 Å². The number of piperazine rings is 1. The van der Waals surface area contributed by atoms with Gasteiger partial charge in [-0.1, -0.05) is 29.3 Å². The largest absolute Gasteiger partial charge is 0.361 e. The van der Waals surface area contributed by atoms with E-state index >= 15 is 0 Å². The van der Waals surface area contributed by atoms with E-state index in [1.165, 1.54) is 6.20 Å². The first-order valence-electron chi connectivity index (χ1n) is 7.74. The molecule has 0 bridgehead atoms. The van der Waals surface area contributed by atoms with Gasteiger partial charge in [0.25, 0.3) is 0 Å². The molecule has 5 nitrogen and oxygen atoms in total. The van der Waals surface area contributed by atoms with E-state index in [-0.39, 0.29) is 11.9 Å². The van der Waals surface area contributed by atoms with Crippen molar-refractivity contribution in [1.29, 1.82) is 0 Å². The average molecular weight is 370 g/mol. The summed E-state index contributed by atoms with van der Waals surface area (Å²) in [4.78, 5) is 10.5. The van der Waals surface area contributed by atoms with E-state index in [4.69, 9.17) is 23.2 Å². The smallest absolute Gasteiger partial charge is 0.227 e. The molecule has 24 heavy (non-hydrogen) atoms. The predicted octanol–water partition coefficient (Wildman–Crippen LogP) is 3.51. The van der Waals surface area contributed by atoms with Crippen molar-refractivity contribution in [2.24, 2.45) is 0 Å². The number of halogens is 3. The fraction of sp³-hybridized carbons (Fsp3) is 0.375. The van der Waals surface area contributed by atoms with Crippen LogP contribution in [0, 0.1) is 5.82 Å². The minimum Gasteiger partial charge on any atom is -0.361 e. The fourth-order valence-corrected chi connectivity index (χ4v) is 3.18. The van der Waals surface area contributed by atoms with Gasteiger partial charge >= 0.3 is 0 Å². The molecule has 1 aliphatic rings. The highest BCUT2D eigenvalue weighted by atomic mass is 35.5. The Kier molecular flexibility index (Phi) is 5.38. The lowest BCUT2D eigenvalue weighted by Crippen LogP contribution is -2.44. The maximum absolute atomic E-state index is 14.1. The maximum atomic E-state index is 14.1. The molecule has 1 aromatic carbocycles. The third-order valence-corrected chi connectivity index (χ3v) is 4.48. The maximum Gasteiger partial charge on any atom is 0.227 e. The van der Waals surface area contributed by atoms with E-state index in [9.17, 15) is 4.39 Å². The van der Waals surface area contributed by atoms with Gasteiger partial charge < -0.3 is 15.5 Å². The molecular formula is C16H18Cl2FN5. The predicted molar refractivity (Wildman–Crippen MR) is 95.6 cm³/mol. The second-order valence-electron chi connectivity index (χ2n) is 5.64. The molecule has 1 saturated heterocycles. The van der Waals surface area contributed by atoms with Gasteiger partial charge in [-0.2, -0.15) is 4.98 Å². The Morgan fingerprint density at radius 1 is 1.29 bits per heavy atom. The summed E-state index contributed by atoms with van der Waals surface area (Å²) in [5, 5.41) is 7.42. The number of nitrogens with one attached hydrogen (secondary N) is 2. The van der Waals surface area contributed by atoms with Crippen molar-refractivity contribution < 1.29 is 4.39 Å². The van der Waals surface area contributed by atoms with Crippen molar-refractivity contribution >= 4 is 35.0 Å². The van der Waals surface area contributed by atoms with Crippen LogP contribution in [0.2, 0.25) is 10.0 Å². The first-order valence-corrected chi connectivity index (χ1v) is 8.50. The summed E-state index contributed by atoms with van der Waals surface area (Å²) in [6, 6.07) is 5.01. The minimum absolute atomic E-state index is 0.164. The van der Waals surface area contributed by atoms with Gasteiger partial charge in [-0.3, -0.25) is 0 Å². The van der Waals surface area contributed by atoms with Gasteiger partial charge in [-0.25, -0.2) is 9.37 Å². The standard InChI is InChI=1S/C16H18Cl2FN5/c1-10(12-3-2-11(17)8-13(12)18)22-15-14(19)9-21-16(23-15)24-6-4-20-5-7-24/h2-3,8-10,20H,4-7H2,1H3,(H,21,22,23). The van der Waals surface area contributed by atoms with Crippen LogP contribution in [-0.2, 0) is 0 Å². The first kappa shape index (κ1) is 17.2. The number of hydrogen-bond donors (Lipinski definition) is 2. The Morgan fingerprint density at radius 3 is 2.75 bits per heavy atom. The van der Waals surface area contributed by atoms with Crippen LogP contribution < -0.4 is 15.5 Å². The van der Waals surface area contributed by atoms with Gasteiger partial charge in [0.2, 0.25) is 5.95 Å². The van der Waals surface area contributed by atoms with Crippen LogP contribution in [0.1, 0.15) is 18.5 Å². The first-order chi connectivity index (χ1) is 11.5. The summed E-state index contributed by atoms with van der Waals surface area (Å²) in [5.41, 5.74) is 0.822. The second kappa shape index (κ2) is 7.51. The molecule has 0 amide bonds. The minimum atomic E-state index is -0.495.